The molecular weight excluding hydrogens is 284 g/mol. The van der Waals surface area contributed by atoms with Gasteiger partial charge in [0, 0.05) is 12.5 Å². The number of nitrogens with zero attached hydrogens (tertiary/aromatic N) is 3. The Labute approximate surface area is 127 Å². The number of hydrogen-bond acceptors (Lipinski definition) is 6. The largest absolute Gasteiger partial charge is 0.480 e. The first kappa shape index (κ1) is 13.9. The molecule has 0 radical (unpaired) electrons. The summed E-state index contributed by atoms with van der Waals surface area (Å²) in [6, 6.07) is 12.0. The summed E-state index contributed by atoms with van der Waals surface area (Å²) in [5.74, 6) is 0.522. The molecule has 2 heterocycles. The minimum absolute atomic E-state index is 0.0870. The van der Waals surface area contributed by atoms with Gasteiger partial charge >= 0.3 is 0 Å². The van der Waals surface area contributed by atoms with E-state index in [4.69, 9.17) is 4.74 Å². The number of benzene rings is 1. The molecule has 2 aromatic heterocycles. The molecule has 0 aliphatic carbocycles. The molecule has 0 amide bonds. The standard InChI is InChI=1S/C15H16N4OS/c1-16-12(10-7-8-14(20-2)19-18-10)9-15-17-11-5-3-4-6-13(11)21-15/h3-8,12,16H,9H2,1-2H3. The lowest BCUT2D eigenvalue weighted by Gasteiger charge is -2.13. The van der Waals surface area contributed by atoms with Crippen LogP contribution in [-0.4, -0.2) is 29.3 Å². The van der Waals surface area contributed by atoms with Crippen LogP contribution in [0.5, 0.6) is 5.88 Å². The predicted molar refractivity (Wildman–Crippen MR) is 83.7 cm³/mol. The summed E-state index contributed by atoms with van der Waals surface area (Å²) < 4.78 is 6.25. The minimum Gasteiger partial charge on any atom is -0.480 e. The molecule has 0 spiro atoms. The smallest absolute Gasteiger partial charge is 0.233 e. The maximum absolute atomic E-state index is 5.04. The van der Waals surface area contributed by atoms with E-state index in [9.17, 15) is 0 Å². The minimum atomic E-state index is 0.0870. The third-order valence-electron chi connectivity index (χ3n) is 3.29. The van der Waals surface area contributed by atoms with Gasteiger partial charge in [-0.05, 0) is 25.2 Å². The fourth-order valence-electron chi connectivity index (χ4n) is 2.16. The maximum atomic E-state index is 5.04. The number of rotatable bonds is 5. The number of thiazole rings is 1. The molecule has 0 aliphatic heterocycles. The SMILES string of the molecule is CNC(Cc1nc2ccccc2s1)c1ccc(OC)nn1. The van der Waals surface area contributed by atoms with Crippen molar-refractivity contribution in [2.75, 3.05) is 14.2 Å². The summed E-state index contributed by atoms with van der Waals surface area (Å²) in [6.45, 7) is 0. The van der Waals surface area contributed by atoms with Crippen molar-refractivity contribution in [2.45, 2.75) is 12.5 Å². The molecule has 0 fully saturated rings. The van der Waals surface area contributed by atoms with Crippen LogP contribution in [0.15, 0.2) is 36.4 Å². The van der Waals surface area contributed by atoms with Gasteiger partial charge in [0.1, 0.15) is 0 Å². The van der Waals surface area contributed by atoms with Crippen molar-refractivity contribution in [1.82, 2.24) is 20.5 Å². The number of hydrogen-bond donors (Lipinski definition) is 1. The monoisotopic (exact) mass is 300 g/mol. The number of nitrogens with one attached hydrogen (secondary N) is 1. The highest BCUT2D eigenvalue weighted by Gasteiger charge is 2.15. The van der Waals surface area contributed by atoms with Crippen molar-refractivity contribution in [2.24, 2.45) is 0 Å². The van der Waals surface area contributed by atoms with Gasteiger partial charge in [0.25, 0.3) is 0 Å². The van der Waals surface area contributed by atoms with E-state index in [-0.39, 0.29) is 6.04 Å². The number of para-hydroxylation sites is 1. The first-order valence-corrected chi connectivity index (χ1v) is 7.51. The molecule has 21 heavy (non-hydrogen) atoms. The lowest BCUT2D eigenvalue weighted by Crippen LogP contribution is -2.20. The Morgan fingerprint density at radius 1 is 1.19 bits per heavy atom. The average Bonchev–Trinajstić information content (AvgIpc) is 2.95. The number of fused-ring (bicyclic) bond motifs is 1. The van der Waals surface area contributed by atoms with Gasteiger partial charge in [-0.15, -0.1) is 16.4 Å². The molecule has 108 valence electrons. The molecule has 0 saturated carbocycles. The second-order valence-electron chi connectivity index (χ2n) is 4.62. The van der Waals surface area contributed by atoms with Crippen LogP contribution >= 0.6 is 11.3 Å². The van der Waals surface area contributed by atoms with E-state index in [1.54, 1.807) is 18.4 Å². The molecule has 3 rings (SSSR count). The van der Waals surface area contributed by atoms with Crippen LogP contribution < -0.4 is 10.1 Å². The Morgan fingerprint density at radius 2 is 2.05 bits per heavy atom. The number of aromatic nitrogens is 3. The lowest BCUT2D eigenvalue weighted by atomic mass is 10.1. The van der Waals surface area contributed by atoms with Gasteiger partial charge in [-0.3, -0.25) is 0 Å². The van der Waals surface area contributed by atoms with Crippen LogP contribution in [0, 0.1) is 0 Å². The van der Waals surface area contributed by atoms with E-state index in [0.29, 0.717) is 5.88 Å². The normalized spacial score (nSPS) is 12.5. The van der Waals surface area contributed by atoms with Crippen molar-refractivity contribution in [3.8, 4) is 5.88 Å². The van der Waals surface area contributed by atoms with E-state index in [1.165, 1.54) is 4.70 Å². The Kier molecular flexibility index (Phi) is 4.08. The molecule has 1 N–H and O–H groups in total. The van der Waals surface area contributed by atoms with E-state index < -0.39 is 0 Å². The number of ether oxygens (including phenoxy) is 1. The molecular formula is C15H16N4OS. The third-order valence-corrected chi connectivity index (χ3v) is 4.35. The van der Waals surface area contributed by atoms with E-state index in [2.05, 4.69) is 26.6 Å². The topological polar surface area (TPSA) is 59.9 Å². The second kappa shape index (κ2) is 6.15. The highest BCUT2D eigenvalue weighted by Crippen LogP contribution is 2.25. The van der Waals surface area contributed by atoms with Crippen molar-refractivity contribution in [3.05, 3.63) is 47.1 Å². The van der Waals surface area contributed by atoms with Gasteiger partial charge < -0.3 is 10.1 Å². The molecule has 0 aliphatic rings. The van der Waals surface area contributed by atoms with Crippen LogP contribution in [0.4, 0.5) is 0 Å². The molecule has 5 nitrogen and oxygen atoms in total. The zero-order valence-corrected chi connectivity index (χ0v) is 12.7. The van der Waals surface area contributed by atoms with Crippen LogP contribution in [0.3, 0.4) is 0 Å². The van der Waals surface area contributed by atoms with E-state index in [1.807, 2.05) is 37.4 Å². The molecule has 0 bridgehead atoms. The first-order chi connectivity index (χ1) is 10.3. The van der Waals surface area contributed by atoms with Crippen molar-refractivity contribution in [3.63, 3.8) is 0 Å². The van der Waals surface area contributed by atoms with Crippen LogP contribution in [0.1, 0.15) is 16.7 Å². The zero-order valence-electron chi connectivity index (χ0n) is 11.9. The zero-order chi connectivity index (χ0) is 14.7. The summed E-state index contributed by atoms with van der Waals surface area (Å²) in [7, 11) is 3.50. The van der Waals surface area contributed by atoms with Crippen LogP contribution in [0.2, 0.25) is 0 Å². The third kappa shape index (κ3) is 3.01. The van der Waals surface area contributed by atoms with Gasteiger partial charge in [0.15, 0.2) is 0 Å². The van der Waals surface area contributed by atoms with Gasteiger partial charge in [0.05, 0.1) is 34.1 Å². The van der Waals surface area contributed by atoms with Crippen molar-refractivity contribution < 1.29 is 4.74 Å². The average molecular weight is 300 g/mol. The molecule has 0 saturated heterocycles. The molecule has 1 aromatic carbocycles. The summed E-state index contributed by atoms with van der Waals surface area (Å²) in [4.78, 5) is 4.67. The van der Waals surface area contributed by atoms with Gasteiger partial charge in [0.2, 0.25) is 5.88 Å². The fraction of sp³-hybridized carbons (Fsp3) is 0.267. The molecule has 1 unspecified atom stereocenters. The van der Waals surface area contributed by atoms with Crippen LogP contribution in [0.25, 0.3) is 10.2 Å². The summed E-state index contributed by atoms with van der Waals surface area (Å²) >= 11 is 1.72. The van der Waals surface area contributed by atoms with Crippen LogP contribution in [-0.2, 0) is 6.42 Å². The lowest BCUT2D eigenvalue weighted by molar-refractivity contribution is 0.389. The summed E-state index contributed by atoms with van der Waals surface area (Å²) in [6.07, 6.45) is 0.789. The number of methoxy groups -OCH3 is 1. The summed E-state index contributed by atoms with van der Waals surface area (Å²) in [5.41, 5.74) is 1.94. The van der Waals surface area contributed by atoms with Gasteiger partial charge in [-0.1, -0.05) is 12.1 Å². The Bertz CT molecular complexity index is 693. The Morgan fingerprint density at radius 3 is 2.71 bits per heavy atom. The fourth-order valence-corrected chi connectivity index (χ4v) is 3.17. The number of likely N-dealkylation sites (N-methyl/N-ethyl adjacent to an activating group) is 1. The summed E-state index contributed by atoms with van der Waals surface area (Å²) in [5, 5.41) is 12.6. The molecule has 3 aromatic rings. The first-order valence-electron chi connectivity index (χ1n) is 6.69. The Balaban J connectivity index is 1.82. The molecule has 1 atom stereocenters. The highest BCUT2D eigenvalue weighted by atomic mass is 32.1. The van der Waals surface area contributed by atoms with Gasteiger partial charge in [-0.2, -0.15) is 5.10 Å². The second-order valence-corrected chi connectivity index (χ2v) is 5.74. The van der Waals surface area contributed by atoms with E-state index >= 15 is 0 Å². The van der Waals surface area contributed by atoms with Crippen molar-refractivity contribution in [1.29, 1.82) is 0 Å². The van der Waals surface area contributed by atoms with E-state index in [0.717, 1.165) is 22.6 Å². The Hall–Kier alpha value is -2.05. The molecule has 6 heteroatoms. The quantitative estimate of drug-likeness (QED) is 0.785. The van der Waals surface area contributed by atoms with Crippen molar-refractivity contribution >= 4 is 21.6 Å². The van der Waals surface area contributed by atoms with Gasteiger partial charge in [-0.25, -0.2) is 4.98 Å². The predicted octanol–water partition coefficient (Wildman–Crippen LogP) is 2.60. The highest BCUT2D eigenvalue weighted by molar-refractivity contribution is 7.18. The maximum Gasteiger partial charge on any atom is 0.233 e.